The SMILES string of the molecule is CN(CC1CC(O)C1)C1CCCCC1O. The Morgan fingerprint density at radius 1 is 1.13 bits per heavy atom. The monoisotopic (exact) mass is 213 g/mol. The molecule has 2 saturated carbocycles. The van der Waals surface area contributed by atoms with Crippen LogP contribution in [0.25, 0.3) is 0 Å². The molecule has 2 aliphatic rings. The van der Waals surface area contributed by atoms with Gasteiger partial charge in [0, 0.05) is 12.6 Å². The number of hydrogen-bond donors (Lipinski definition) is 2. The summed E-state index contributed by atoms with van der Waals surface area (Å²) in [7, 11) is 2.11. The van der Waals surface area contributed by atoms with E-state index in [2.05, 4.69) is 11.9 Å². The molecule has 0 aromatic carbocycles. The summed E-state index contributed by atoms with van der Waals surface area (Å²) in [6.45, 7) is 1.04. The molecule has 2 rings (SSSR count). The highest BCUT2D eigenvalue weighted by atomic mass is 16.3. The van der Waals surface area contributed by atoms with Crippen molar-refractivity contribution in [2.24, 2.45) is 5.92 Å². The Labute approximate surface area is 92.1 Å². The first-order valence-electron chi connectivity index (χ1n) is 6.23. The summed E-state index contributed by atoms with van der Waals surface area (Å²) < 4.78 is 0. The fraction of sp³-hybridized carbons (Fsp3) is 1.00. The molecular weight excluding hydrogens is 190 g/mol. The fourth-order valence-corrected chi connectivity index (χ4v) is 3.00. The topological polar surface area (TPSA) is 43.7 Å². The van der Waals surface area contributed by atoms with E-state index in [1.165, 1.54) is 12.8 Å². The van der Waals surface area contributed by atoms with Gasteiger partial charge in [0.05, 0.1) is 12.2 Å². The lowest BCUT2D eigenvalue weighted by atomic mass is 9.81. The van der Waals surface area contributed by atoms with E-state index >= 15 is 0 Å². The predicted octanol–water partition coefficient (Wildman–Crippen LogP) is 0.993. The van der Waals surface area contributed by atoms with Gasteiger partial charge in [-0.25, -0.2) is 0 Å². The highest BCUT2D eigenvalue weighted by Gasteiger charge is 2.32. The molecule has 3 nitrogen and oxygen atoms in total. The quantitative estimate of drug-likeness (QED) is 0.735. The Kier molecular flexibility index (Phi) is 3.65. The zero-order chi connectivity index (χ0) is 10.8. The minimum atomic E-state index is -0.131. The number of likely N-dealkylation sites (N-methyl/N-ethyl adjacent to an activating group) is 1. The van der Waals surface area contributed by atoms with Gasteiger partial charge in [0.2, 0.25) is 0 Å². The summed E-state index contributed by atoms with van der Waals surface area (Å²) in [5, 5.41) is 19.1. The van der Waals surface area contributed by atoms with Gasteiger partial charge in [0.15, 0.2) is 0 Å². The number of nitrogens with zero attached hydrogens (tertiary/aromatic N) is 1. The van der Waals surface area contributed by atoms with Gasteiger partial charge in [-0.1, -0.05) is 12.8 Å². The summed E-state index contributed by atoms with van der Waals surface area (Å²) in [5.74, 6) is 0.652. The van der Waals surface area contributed by atoms with Crippen LogP contribution in [0.15, 0.2) is 0 Å². The van der Waals surface area contributed by atoms with E-state index in [4.69, 9.17) is 0 Å². The van der Waals surface area contributed by atoms with Crippen LogP contribution in [0.3, 0.4) is 0 Å². The van der Waals surface area contributed by atoms with Crippen molar-refractivity contribution in [3.63, 3.8) is 0 Å². The first-order valence-corrected chi connectivity index (χ1v) is 6.23. The van der Waals surface area contributed by atoms with Crippen molar-refractivity contribution in [1.29, 1.82) is 0 Å². The Morgan fingerprint density at radius 3 is 2.40 bits per heavy atom. The highest BCUT2D eigenvalue weighted by molar-refractivity contribution is 4.86. The fourth-order valence-electron chi connectivity index (χ4n) is 3.00. The maximum atomic E-state index is 9.90. The molecule has 0 aromatic rings. The molecule has 15 heavy (non-hydrogen) atoms. The molecular formula is C12H23NO2. The molecule has 0 spiro atoms. The number of hydrogen-bond acceptors (Lipinski definition) is 3. The van der Waals surface area contributed by atoms with Crippen LogP contribution in [0.4, 0.5) is 0 Å². The lowest BCUT2D eigenvalue weighted by Crippen LogP contribution is -2.47. The Hall–Kier alpha value is -0.120. The van der Waals surface area contributed by atoms with E-state index in [-0.39, 0.29) is 12.2 Å². The average molecular weight is 213 g/mol. The first-order chi connectivity index (χ1) is 7.16. The van der Waals surface area contributed by atoms with Gasteiger partial charge in [-0.2, -0.15) is 0 Å². The summed E-state index contributed by atoms with van der Waals surface area (Å²) in [4.78, 5) is 2.31. The minimum Gasteiger partial charge on any atom is -0.393 e. The highest BCUT2D eigenvalue weighted by Crippen LogP contribution is 2.30. The number of aliphatic hydroxyl groups excluding tert-OH is 2. The van der Waals surface area contributed by atoms with Crippen LogP contribution in [0.2, 0.25) is 0 Å². The van der Waals surface area contributed by atoms with Gasteiger partial charge in [-0.05, 0) is 38.6 Å². The Bertz CT molecular complexity index is 204. The third kappa shape index (κ3) is 2.71. The second-order valence-electron chi connectivity index (χ2n) is 5.35. The largest absolute Gasteiger partial charge is 0.393 e. The lowest BCUT2D eigenvalue weighted by Gasteiger charge is -2.40. The standard InChI is InChI=1S/C12H23NO2/c1-13(8-9-6-10(14)7-9)11-4-2-3-5-12(11)15/h9-12,14-15H,2-8H2,1H3. The Balaban J connectivity index is 1.76. The van der Waals surface area contributed by atoms with E-state index in [0.29, 0.717) is 12.0 Å². The second kappa shape index (κ2) is 4.81. The zero-order valence-electron chi connectivity index (χ0n) is 9.60. The van der Waals surface area contributed by atoms with Crippen molar-refractivity contribution in [1.82, 2.24) is 4.90 Å². The molecule has 0 aromatic heterocycles. The van der Waals surface area contributed by atoms with Crippen LogP contribution < -0.4 is 0 Å². The van der Waals surface area contributed by atoms with Crippen molar-refractivity contribution >= 4 is 0 Å². The van der Waals surface area contributed by atoms with Gasteiger partial charge in [0.25, 0.3) is 0 Å². The average Bonchev–Trinajstić information content (AvgIpc) is 2.16. The molecule has 88 valence electrons. The van der Waals surface area contributed by atoms with Gasteiger partial charge in [-0.3, -0.25) is 0 Å². The van der Waals surface area contributed by atoms with Gasteiger partial charge < -0.3 is 15.1 Å². The maximum Gasteiger partial charge on any atom is 0.0695 e. The van der Waals surface area contributed by atoms with Crippen molar-refractivity contribution in [2.75, 3.05) is 13.6 Å². The van der Waals surface area contributed by atoms with Crippen LogP contribution in [0.5, 0.6) is 0 Å². The first kappa shape index (κ1) is 11.4. The van der Waals surface area contributed by atoms with Gasteiger partial charge in [0.1, 0.15) is 0 Å². The second-order valence-corrected chi connectivity index (χ2v) is 5.35. The third-order valence-electron chi connectivity index (χ3n) is 4.02. The summed E-state index contributed by atoms with van der Waals surface area (Å²) in [6, 6.07) is 0.358. The molecule has 0 heterocycles. The third-order valence-corrected chi connectivity index (χ3v) is 4.02. The summed E-state index contributed by atoms with van der Waals surface area (Å²) >= 11 is 0. The predicted molar refractivity (Wildman–Crippen MR) is 59.6 cm³/mol. The van der Waals surface area contributed by atoms with Crippen molar-refractivity contribution in [3.8, 4) is 0 Å². The van der Waals surface area contributed by atoms with Crippen molar-refractivity contribution in [3.05, 3.63) is 0 Å². The van der Waals surface area contributed by atoms with E-state index in [9.17, 15) is 10.2 Å². The van der Waals surface area contributed by atoms with E-state index in [0.717, 1.165) is 32.2 Å². The minimum absolute atomic E-state index is 0.0559. The molecule has 0 radical (unpaired) electrons. The van der Waals surface area contributed by atoms with Crippen LogP contribution in [0.1, 0.15) is 38.5 Å². The summed E-state index contributed by atoms with van der Waals surface area (Å²) in [5.41, 5.74) is 0. The smallest absolute Gasteiger partial charge is 0.0695 e. The molecule has 0 bridgehead atoms. The molecule has 2 fully saturated rings. The van der Waals surface area contributed by atoms with E-state index < -0.39 is 0 Å². The van der Waals surface area contributed by atoms with E-state index in [1.54, 1.807) is 0 Å². The van der Waals surface area contributed by atoms with Crippen LogP contribution in [0, 0.1) is 5.92 Å². The normalized spacial score (nSPS) is 41.6. The number of aliphatic hydroxyl groups is 2. The van der Waals surface area contributed by atoms with Crippen LogP contribution in [-0.2, 0) is 0 Å². The molecule has 0 aliphatic heterocycles. The summed E-state index contributed by atoms with van der Waals surface area (Å²) in [6.07, 6.45) is 6.23. The van der Waals surface area contributed by atoms with E-state index in [1.807, 2.05) is 0 Å². The lowest BCUT2D eigenvalue weighted by molar-refractivity contribution is -0.00941. The molecule has 2 N–H and O–H groups in total. The van der Waals surface area contributed by atoms with Gasteiger partial charge >= 0.3 is 0 Å². The van der Waals surface area contributed by atoms with Crippen LogP contribution >= 0.6 is 0 Å². The zero-order valence-corrected chi connectivity index (χ0v) is 9.60. The van der Waals surface area contributed by atoms with Crippen molar-refractivity contribution in [2.45, 2.75) is 56.8 Å². The molecule has 2 aliphatic carbocycles. The van der Waals surface area contributed by atoms with Crippen LogP contribution in [-0.4, -0.2) is 47.0 Å². The number of rotatable bonds is 3. The molecule has 2 atom stereocenters. The Morgan fingerprint density at radius 2 is 1.80 bits per heavy atom. The molecule has 3 heteroatoms. The van der Waals surface area contributed by atoms with Crippen molar-refractivity contribution < 1.29 is 10.2 Å². The molecule has 0 saturated heterocycles. The maximum absolute atomic E-state index is 9.90. The molecule has 0 amide bonds. The molecule has 2 unspecified atom stereocenters. The van der Waals surface area contributed by atoms with Gasteiger partial charge in [-0.15, -0.1) is 0 Å².